The summed E-state index contributed by atoms with van der Waals surface area (Å²) in [5, 5.41) is 8.85. The van der Waals surface area contributed by atoms with Crippen LogP contribution in [0.15, 0.2) is 60.7 Å². The number of urea groups is 1. The van der Waals surface area contributed by atoms with Gasteiger partial charge in [-0.25, -0.2) is 4.79 Å². The minimum Gasteiger partial charge on any atom is -0.366 e. The van der Waals surface area contributed by atoms with E-state index in [1.165, 1.54) is 11.1 Å². The monoisotopic (exact) mass is 470 g/mol. The van der Waals surface area contributed by atoms with Gasteiger partial charge in [-0.1, -0.05) is 50.2 Å². The van der Waals surface area contributed by atoms with E-state index < -0.39 is 0 Å². The lowest BCUT2D eigenvalue weighted by molar-refractivity contribution is 0.0949. The van der Waals surface area contributed by atoms with Crippen molar-refractivity contribution in [3.05, 3.63) is 88.5 Å². The number of nitrogens with zero attached hydrogens (tertiary/aromatic N) is 1. The van der Waals surface area contributed by atoms with Crippen LogP contribution in [0.3, 0.4) is 0 Å². The zero-order valence-corrected chi connectivity index (χ0v) is 20.9. The van der Waals surface area contributed by atoms with Crippen LogP contribution in [0, 0.1) is 19.8 Å². The third-order valence-corrected chi connectivity index (χ3v) is 6.49. The van der Waals surface area contributed by atoms with Crippen LogP contribution in [0.25, 0.3) is 0 Å². The molecule has 0 saturated carbocycles. The molecule has 3 aromatic rings. The van der Waals surface area contributed by atoms with Gasteiger partial charge in [-0.2, -0.15) is 0 Å². The van der Waals surface area contributed by atoms with Crippen molar-refractivity contribution in [2.24, 2.45) is 5.92 Å². The molecule has 35 heavy (non-hydrogen) atoms. The molecule has 0 bridgehead atoms. The van der Waals surface area contributed by atoms with Crippen LogP contribution in [0.4, 0.5) is 21.9 Å². The molecule has 1 aliphatic heterocycles. The first-order chi connectivity index (χ1) is 16.8. The highest BCUT2D eigenvalue weighted by Crippen LogP contribution is 2.30. The van der Waals surface area contributed by atoms with Gasteiger partial charge in [0.05, 0.1) is 5.56 Å². The van der Waals surface area contributed by atoms with Gasteiger partial charge < -0.3 is 20.9 Å². The molecule has 6 heteroatoms. The first-order valence-corrected chi connectivity index (χ1v) is 12.2. The number of nitrogens with one attached hydrogen (secondary N) is 3. The van der Waals surface area contributed by atoms with Crippen molar-refractivity contribution in [3.63, 3.8) is 0 Å². The maximum atomic E-state index is 13.2. The lowest BCUT2D eigenvalue weighted by Gasteiger charge is -2.32. The van der Waals surface area contributed by atoms with E-state index in [9.17, 15) is 9.59 Å². The fourth-order valence-corrected chi connectivity index (χ4v) is 4.34. The number of hydrogen-bond acceptors (Lipinski definition) is 3. The fourth-order valence-electron chi connectivity index (χ4n) is 4.34. The highest BCUT2D eigenvalue weighted by Gasteiger charge is 2.22. The van der Waals surface area contributed by atoms with E-state index in [2.05, 4.69) is 59.0 Å². The van der Waals surface area contributed by atoms with E-state index in [0.29, 0.717) is 23.7 Å². The van der Waals surface area contributed by atoms with Crippen LogP contribution < -0.4 is 20.9 Å². The average molecular weight is 471 g/mol. The maximum Gasteiger partial charge on any atom is 0.323 e. The molecule has 0 unspecified atom stereocenters. The number of fused-ring (bicyclic) bond motifs is 1. The molecule has 0 spiro atoms. The lowest BCUT2D eigenvalue weighted by Crippen LogP contribution is -2.34. The normalized spacial score (nSPS) is 12.8. The van der Waals surface area contributed by atoms with Crippen LogP contribution in [0.1, 0.15) is 46.5 Å². The fraction of sp³-hybridized carbons (Fsp3) is 0.310. The molecule has 6 nitrogen and oxygen atoms in total. The summed E-state index contributed by atoms with van der Waals surface area (Å²) >= 11 is 0. The molecule has 3 amide bonds. The SMILES string of the molecule is Cc1cccc(NC(=O)Nc2ccc(N3CCc4ccccc4C3)c(C(=O)NCC(C)C)c2)c1C. The quantitative estimate of drug-likeness (QED) is 0.420. The Kier molecular flexibility index (Phi) is 7.39. The highest BCUT2D eigenvalue weighted by atomic mass is 16.2. The largest absolute Gasteiger partial charge is 0.366 e. The molecule has 0 atom stereocenters. The van der Waals surface area contributed by atoms with Crippen molar-refractivity contribution in [2.45, 2.75) is 40.7 Å². The summed E-state index contributed by atoms with van der Waals surface area (Å²) in [6.45, 7) is 10.3. The van der Waals surface area contributed by atoms with Crippen LogP contribution in [-0.4, -0.2) is 25.0 Å². The van der Waals surface area contributed by atoms with Crippen LogP contribution in [0.5, 0.6) is 0 Å². The van der Waals surface area contributed by atoms with Gasteiger partial charge in [0.15, 0.2) is 0 Å². The van der Waals surface area contributed by atoms with E-state index in [4.69, 9.17) is 0 Å². The Morgan fingerprint density at radius 2 is 1.71 bits per heavy atom. The third kappa shape index (κ3) is 5.83. The molecule has 0 aromatic heterocycles. The molecule has 0 saturated heterocycles. The predicted octanol–water partition coefficient (Wildman–Crippen LogP) is 5.90. The van der Waals surface area contributed by atoms with Crippen molar-refractivity contribution >= 4 is 29.0 Å². The minimum absolute atomic E-state index is 0.133. The second kappa shape index (κ2) is 10.6. The lowest BCUT2D eigenvalue weighted by atomic mass is 9.98. The van der Waals surface area contributed by atoms with E-state index in [1.54, 1.807) is 6.07 Å². The van der Waals surface area contributed by atoms with E-state index in [-0.39, 0.29) is 11.9 Å². The van der Waals surface area contributed by atoms with E-state index >= 15 is 0 Å². The molecule has 3 aromatic carbocycles. The predicted molar refractivity (Wildman–Crippen MR) is 143 cm³/mol. The molecule has 1 aliphatic rings. The van der Waals surface area contributed by atoms with Crippen molar-refractivity contribution in [3.8, 4) is 0 Å². The highest BCUT2D eigenvalue weighted by molar-refractivity contribution is 6.04. The van der Waals surface area contributed by atoms with Gasteiger partial charge in [0.2, 0.25) is 0 Å². The standard InChI is InChI=1S/C29H34N4O2/c1-19(2)17-30-28(34)25-16-24(31-29(35)32-26-11-7-8-20(3)21(26)4)12-13-27(25)33-15-14-22-9-5-6-10-23(22)18-33/h5-13,16,19H,14-15,17-18H2,1-4H3,(H,30,34)(H2,31,32,35). The van der Waals surface area contributed by atoms with Gasteiger partial charge >= 0.3 is 6.03 Å². The van der Waals surface area contributed by atoms with E-state index in [0.717, 1.165) is 42.0 Å². The Balaban J connectivity index is 1.57. The third-order valence-electron chi connectivity index (χ3n) is 6.49. The number of carbonyl (C=O) groups is 2. The van der Waals surface area contributed by atoms with E-state index in [1.807, 2.05) is 44.2 Å². The number of carbonyl (C=O) groups excluding carboxylic acids is 2. The zero-order valence-electron chi connectivity index (χ0n) is 20.9. The summed E-state index contributed by atoms with van der Waals surface area (Å²) in [7, 11) is 0. The summed E-state index contributed by atoms with van der Waals surface area (Å²) in [6.07, 6.45) is 0.932. The van der Waals surface area contributed by atoms with Crippen molar-refractivity contribution in [1.82, 2.24) is 5.32 Å². The van der Waals surface area contributed by atoms with Gasteiger partial charge in [-0.05, 0) is 72.7 Å². The number of benzene rings is 3. The Morgan fingerprint density at radius 1 is 0.943 bits per heavy atom. The average Bonchev–Trinajstić information content (AvgIpc) is 2.85. The maximum absolute atomic E-state index is 13.2. The zero-order chi connectivity index (χ0) is 24.9. The van der Waals surface area contributed by atoms with Gasteiger partial charge in [0.1, 0.15) is 0 Å². The smallest absolute Gasteiger partial charge is 0.323 e. The molecular weight excluding hydrogens is 436 g/mol. The van der Waals surface area contributed by atoms with Crippen LogP contribution in [-0.2, 0) is 13.0 Å². The molecule has 0 aliphatic carbocycles. The number of hydrogen-bond donors (Lipinski definition) is 3. The first-order valence-electron chi connectivity index (χ1n) is 12.2. The Hall–Kier alpha value is -3.80. The second-order valence-corrected chi connectivity index (χ2v) is 9.60. The Morgan fingerprint density at radius 3 is 2.49 bits per heavy atom. The number of amides is 3. The Labute approximate surface area is 207 Å². The molecule has 1 heterocycles. The second-order valence-electron chi connectivity index (χ2n) is 9.60. The molecular formula is C29H34N4O2. The molecule has 3 N–H and O–H groups in total. The van der Waals surface area contributed by atoms with Crippen molar-refractivity contribution < 1.29 is 9.59 Å². The summed E-state index contributed by atoms with van der Waals surface area (Å²) in [4.78, 5) is 28.2. The first kappa shape index (κ1) is 24.3. The van der Waals surface area contributed by atoms with Crippen LogP contribution >= 0.6 is 0 Å². The summed E-state index contributed by atoms with van der Waals surface area (Å²) in [6, 6.07) is 19.5. The topological polar surface area (TPSA) is 73.5 Å². The summed E-state index contributed by atoms with van der Waals surface area (Å²) < 4.78 is 0. The van der Waals surface area contributed by atoms with Gasteiger partial charge in [0.25, 0.3) is 5.91 Å². The minimum atomic E-state index is -0.341. The van der Waals surface area contributed by atoms with Gasteiger partial charge in [-0.3, -0.25) is 4.79 Å². The number of rotatable bonds is 6. The Bertz CT molecular complexity index is 1240. The van der Waals surface area contributed by atoms with Gasteiger partial charge in [-0.15, -0.1) is 0 Å². The molecule has 0 radical (unpaired) electrons. The van der Waals surface area contributed by atoms with Gasteiger partial charge in [0, 0.05) is 36.7 Å². The number of anilines is 3. The molecule has 4 rings (SSSR count). The van der Waals surface area contributed by atoms with Crippen LogP contribution in [0.2, 0.25) is 0 Å². The molecule has 0 fully saturated rings. The van der Waals surface area contributed by atoms with Crippen molar-refractivity contribution in [2.75, 3.05) is 28.6 Å². The summed E-state index contributed by atoms with van der Waals surface area (Å²) in [5.74, 6) is 0.208. The number of aryl methyl sites for hydroxylation is 1. The summed E-state index contributed by atoms with van der Waals surface area (Å²) in [5.41, 5.74) is 7.55. The van der Waals surface area contributed by atoms with Crippen molar-refractivity contribution in [1.29, 1.82) is 0 Å². The molecule has 182 valence electrons.